The second-order valence-electron chi connectivity index (χ2n) is 13.0. The molecule has 1 amide bonds. The first-order valence-electron chi connectivity index (χ1n) is 15.1. The van der Waals surface area contributed by atoms with Crippen molar-refractivity contribution in [3.05, 3.63) is 59.7 Å². The molecule has 0 saturated carbocycles. The number of aromatic nitrogens is 3. The van der Waals surface area contributed by atoms with Crippen molar-refractivity contribution in [3.63, 3.8) is 0 Å². The van der Waals surface area contributed by atoms with Crippen LogP contribution in [-0.4, -0.2) is 76.7 Å². The fourth-order valence-corrected chi connectivity index (χ4v) is 6.23. The number of hydrogen-bond donors (Lipinski definition) is 3. The highest BCUT2D eigenvalue weighted by atomic mass is 79.9. The molecule has 248 valence electrons. The summed E-state index contributed by atoms with van der Waals surface area (Å²) in [5.74, 6) is 1.08. The first-order valence-corrected chi connectivity index (χ1v) is 16.3. The molecule has 10 nitrogen and oxygen atoms in total. The summed E-state index contributed by atoms with van der Waals surface area (Å²) in [5.41, 5.74) is 2.03. The second-order valence-corrected chi connectivity index (χ2v) is 13.6. The molecule has 2 unspecified atom stereocenters. The summed E-state index contributed by atoms with van der Waals surface area (Å²) in [6.07, 6.45) is -3.49. The second kappa shape index (κ2) is 14.0. The number of fused-ring (bicyclic) bond motifs is 2. The van der Waals surface area contributed by atoms with E-state index < -0.39 is 18.8 Å². The van der Waals surface area contributed by atoms with Gasteiger partial charge < -0.3 is 30.3 Å². The van der Waals surface area contributed by atoms with E-state index in [9.17, 15) is 18.0 Å². The minimum atomic E-state index is -4.56. The van der Waals surface area contributed by atoms with Gasteiger partial charge in [-0.05, 0) is 65.1 Å². The Morgan fingerprint density at radius 1 is 1.00 bits per heavy atom. The van der Waals surface area contributed by atoms with Gasteiger partial charge in [-0.3, -0.25) is 4.79 Å². The van der Waals surface area contributed by atoms with Crippen LogP contribution in [0.4, 0.5) is 30.8 Å². The molecule has 3 aromatic rings. The average molecular weight is 707 g/mol. The highest BCUT2D eigenvalue weighted by Crippen LogP contribution is 2.43. The molecule has 0 radical (unpaired) electrons. The van der Waals surface area contributed by atoms with Crippen LogP contribution >= 0.6 is 15.9 Å². The number of likely N-dealkylation sites (tertiary alicyclic amines) is 1. The van der Waals surface area contributed by atoms with Crippen LogP contribution in [0.25, 0.3) is 0 Å². The highest BCUT2D eigenvalue weighted by Gasteiger charge is 2.46. The number of carbonyl (C=O) groups is 1. The van der Waals surface area contributed by atoms with Gasteiger partial charge in [-0.25, -0.2) is 0 Å². The van der Waals surface area contributed by atoms with E-state index >= 15 is 0 Å². The molecule has 14 heteroatoms. The van der Waals surface area contributed by atoms with Gasteiger partial charge in [0.25, 0.3) is 5.91 Å². The quantitative estimate of drug-likeness (QED) is 0.194. The number of alkyl halides is 4. The number of ether oxygens (including phenoxy) is 2. The summed E-state index contributed by atoms with van der Waals surface area (Å²) in [4.78, 5) is 27.7. The summed E-state index contributed by atoms with van der Waals surface area (Å²) in [6, 6.07) is 13.8. The Hall–Kier alpha value is -3.65. The Labute approximate surface area is 275 Å². The summed E-state index contributed by atoms with van der Waals surface area (Å²) < 4.78 is 49.3. The van der Waals surface area contributed by atoms with Gasteiger partial charge in [0.1, 0.15) is 5.75 Å². The van der Waals surface area contributed by atoms with Crippen molar-refractivity contribution in [2.75, 3.05) is 55.4 Å². The maximum atomic E-state index is 13.4. The molecule has 0 aliphatic carbocycles. The van der Waals surface area contributed by atoms with Crippen LogP contribution in [0.15, 0.2) is 48.5 Å². The Balaban J connectivity index is 1.25. The van der Waals surface area contributed by atoms with E-state index in [1.807, 2.05) is 29.2 Å². The van der Waals surface area contributed by atoms with Crippen LogP contribution in [0.3, 0.4) is 0 Å². The molecule has 2 aromatic carbocycles. The van der Waals surface area contributed by atoms with Gasteiger partial charge in [0.15, 0.2) is 6.61 Å². The topological polar surface area (TPSA) is 114 Å². The number of carbonyl (C=O) groups excluding carboxylic acids is 1. The Kier molecular flexibility index (Phi) is 10.3. The van der Waals surface area contributed by atoms with E-state index in [-0.39, 0.29) is 28.6 Å². The van der Waals surface area contributed by atoms with E-state index in [4.69, 9.17) is 9.47 Å². The molecule has 2 saturated heterocycles. The molecular formula is C32H39BrF3N7O3. The van der Waals surface area contributed by atoms with E-state index in [0.29, 0.717) is 43.4 Å². The normalized spacial score (nSPS) is 21.8. The standard InChI is InChI=1S/C32H39BrF3N7O3/c1-21(12-33)14-45-25-10-4-22(5-11-25)13-38-27-40-28(42-29(41-27)46-20-32(34,35)36)39-24-8-6-23(7-9-24)26(44)43-18-30(2)15-31(3,19-43)17-37-16-30/h4-11,21,37H,12-20H2,1-3H3,(H2,38,39,40,41,42)/t21-,30?,31?/m0/s1. The van der Waals surface area contributed by atoms with E-state index in [1.54, 1.807) is 24.3 Å². The molecule has 3 heterocycles. The Morgan fingerprint density at radius 3 is 2.28 bits per heavy atom. The SMILES string of the molecule is C[C@@H](CBr)COc1ccc(CNc2nc(Nc3ccc(C(=O)N4CC5(C)CNCC(C)(C4)C5)cc3)nc(OCC(F)(F)F)n2)cc1. The van der Waals surface area contributed by atoms with Crippen LogP contribution in [0.2, 0.25) is 0 Å². The maximum absolute atomic E-state index is 13.4. The maximum Gasteiger partial charge on any atom is 0.422 e. The predicted molar refractivity (Wildman–Crippen MR) is 173 cm³/mol. The zero-order valence-corrected chi connectivity index (χ0v) is 27.7. The number of anilines is 3. The first kappa shape index (κ1) is 33.7. The summed E-state index contributed by atoms with van der Waals surface area (Å²) >= 11 is 3.43. The number of halogens is 4. The van der Waals surface area contributed by atoms with Gasteiger partial charge in [0.05, 0.1) is 6.61 Å². The van der Waals surface area contributed by atoms with Crippen molar-refractivity contribution in [2.24, 2.45) is 16.7 Å². The summed E-state index contributed by atoms with van der Waals surface area (Å²) in [7, 11) is 0. The zero-order valence-electron chi connectivity index (χ0n) is 26.1. The molecule has 2 aliphatic heterocycles. The molecule has 2 aliphatic rings. The van der Waals surface area contributed by atoms with Crippen LogP contribution < -0.4 is 25.4 Å². The lowest BCUT2D eigenvalue weighted by atomic mass is 9.66. The van der Waals surface area contributed by atoms with Crippen LogP contribution in [0.1, 0.15) is 43.1 Å². The molecule has 2 bridgehead atoms. The molecule has 3 atom stereocenters. The lowest BCUT2D eigenvalue weighted by molar-refractivity contribution is -0.154. The van der Waals surface area contributed by atoms with Crippen molar-refractivity contribution < 1.29 is 27.4 Å². The lowest BCUT2D eigenvalue weighted by Crippen LogP contribution is -2.62. The number of benzene rings is 2. The van der Waals surface area contributed by atoms with Gasteiger partial charge in [-0.2, -0.15) is 28.1 Å². The average Bonchev–Trinajstić information content (AvgIpc) is 3.01. The van der Waals surface area contributed by atoms with E-state index in [0.717, 1.165) is 36.2 Å². The third kappa shape index (κ3) is 9.21. The molecule has 1 aromatic heterocycles. The minimum absolute atomic E-state index is 0.0179. The zero-order chi connectivity index (χ0) is 33.0. The van der Waals surface area contributed by atoms with Crippen LogP contribution in [0, 0.1) is 16.7 Å². The third-order valence-electron chi connectivity index (χ3n) is 7.93. The van der Waals surface area contributed by atoms with Crippen molar-refractivity contribution in [3.8, 4) is 11.8 Å². The van der Waals surface area contributed by atoms with Gasteiger partial charge in [0, 0.05) is 49.3 Å². The summed E-state index contributed by atoms with van der Waals surface area (Å²) in [6.45, 7) is 8.96. The van der Waals surface area contributed by atoms with Crippen molar-refractivity contribution >= 4 is 39.4 Å². The Bertz CT molecular complexity index is 1480. The molecule has 5 rings (SSSR count). The van der Waals surface area contributed by atoms with Crippen LogP contribution in [-0.2, 0) is 6.54 Å². The summed E-state index contributed by atoms with van der Waals surface area (Å²) in [5, 5.41) is 10.4. The number of rotatable bonds is 12. The smallest absolute Gasteiger partial charge is 0.422 e. The van der Waals surface area contributed by atoms with Crippen molar-refractivity contribution in [2.45, 2.75) is 39.9 Å². The Morgan fingerprint density at radius 2 is 1.65 bits per heavy atom. The molecule has 46 heavy (non-hydrogen) atoms. The van der Waals surface area contributed by atoms with Crippen LogP contribution in [0.5, 0.6) is 11.8 Å². The monoisotopic (exact) mass is 705 g/mol. The molecule has 3 N–H and O–H groups in total. The van der Waals surface area contributed by atoms with Gasteiger partial charge >= 0.3 is 12.2 Å². The molecule has 2 fully saturated rings. The molecule has 0 spiro atoms. The highest BCUT2D eigenvalue weighted by molar-refractivity contribution is 9.09. The molecular weight excluding hydrogens is 667 g/mol. The fraction of sp³-hybridized carbons (Fsp3) is 0.500. The van der Waals surface area contributed by atoms with Gasteiger partial charge in [-0.1, -0.05) is 48.8 Å². The number of piperidine rings is 2. The van der Waals surface area contributed by atoms with Gasteiger partial charge in [-0.15, -0.1) is 0 Å². The van der Waals surface area contributed by atoms with E-state index in [1.165, 1.54) is 0 Å². The minimum Gasteiger partial charge on any atom is -0.493 e. The number of amides is 1. The van der Waals surface area contributed by atoms with Crippen molar-refractivity contribution in [1.82, 2.24) is 25.2 Å². The lowest BCUT2D eigenvalue weighted by Gasteiger charge is -2.53. The van der Waals surface area contributed by atoms with Gasteiger partial charge in [0.2, 0.25) is 11.9 Å². The number of nitrogens with zero attached hydrogens (tertiary/aromatic N) is 4. The first-order chi connectivity index (χ1) is 21.8. The third-order valence-corrected chi connectivity index (χ3v) is 9.03. The number of nitrogens with one attached hydrogen (secondary N) is 3. The van der Waals surface area contributed by atoms with Crippen molar-refractivity contribution in [1.29, 1.82) is 0 Å². The van der Waals surface area contributed by atoms with E-state index in [2.05, 4.69) is 67.6 Å². The number of hydrogen-bond acceptors (Lipinski definition) is 9. The fourth-order valence-electron chi connectivity index (χ4n) is 6.04. The largest absolute Gasteiger partial charge is 0.493 e. The predicted octanol–water partition coefficient (Wildman–Crippen LogP) is 6.04.